The predicted octanol–water partition coefficient (Wildman–Crippen LogP) is 4.91. The monoisotopic (exact) mass is 347 g/mol. The molecule has 1 saturated heterocycles. The Hall–Kier alpha value is -1.65. The molecule has 0 spiro atoms. The number of halogens is 1. The number of hydrogen-bond acceptors (Lipinski definition) is 3. The second kappa shape index (κ2) is 7.28. The van der Waals surface area contributed by atoms with Crippen LogP contribution in [-0.2, 0) is 4.79 Å². The van der Waals surface area contributed by atoms with E-state index in [1.54, 1.807) is 11.8 Å². The van der Waals surface area contributed by atoms with Crippen molar-refractivity contribution in [2.24, 2.45) is 0 Å². The Bertz CT molecular complexity index is 672. The summed E-state index contributed by atoms with van der Waals surface area (Å²) in [4.78, 5) is 14.1. The highest BCUT2D eigenvalue weighted by atomic mass is 35.5. The quantitative estimate of drug-likeness (QED) is 0.769. The minimum atomic E-state index is -0.0103. The number of anilines is 1. The van der Waals surface area contributed by atoms with Crippen molar-refractivity contribution >= 4 is 35.0 Å². The summed E-state index contributed by atoms with van der Waals surface area (Å²) in [6, 6.07) is 15.4. The molecule has 23 heavy (non-hydrogen) atoms. The Balaban J connectivity index is 1.83. The number of hydrogen-bond donors (Lipinski definition) is 0. The van der Waals surface area contributed by atoms with E-state index in [0.717, 1.165) is 23.4 Å². The summed E-state index contributed by atoms with van der Waals surface area (Å²) < 4.78 is 5.62. The molecule has 1 aliphatic heterocycles. The lowest BCUT2D eigenvalue weighted by molar-refractivity contribution is -0.115. The van der Waals surface area contributed by atoms with E-state index >= 15 is 0 Å². The first-order valence-corrected chi connectivity index (χ1v) is 9.03. The molecule has 5 heteroatoms. The van der Waals surface area contributed by atoms with Gasteiger partial charge in [0.1, 0.15) is 11.1 Å². The summed E-state index contributed by atoms with van der Waals surface area (Å²) >= 11 is 7.58. The van der Waals surface area contributed by atoms with Crippen LogP contribution < -0.4 is 9.64 Å². The molecule has 2 aromatic carbocycles. The molecule has 1 fully saturated rings. The van der Waals surface area contributed by atoms with Gasteiger partial charge in [0.15, 0.2) is 0 Å². The molecule has 0 aromatic heterocycles. The average Bonchev–Trinajstić information content (AvgIpc) is 2.96. The molecular weight excluding hydrogens is 330 g/mol. The number of carbonyl (C=O) groups excluding carboxylic acids is 1. The molecule has 0 bridgehead atoms. The van der Waals surface area contributed by atoms with Crippen molar-refractivity contribution in [1.82, 2.24) is 0 Å². The maximum atomic E-state index is 12.3. The Labute approximate surface area is 145 Å². The van der Waals surface area contributed by atoms with Crippen LogP contribution in [0.5, 0.6) is 5.75 Å². The van der Waals surface area contributed by atoms with Gasteiger partial charge in [-0.25, -0.2) is 0 Å². The van der Waals surface area contributed by atoms with Gasteiger partial charge in [-0.1, -0.05) is 30.7 Å². The van der Waals surface area contributed by atoms with Crippen LogP contribution in [0.2, 0.25) is 5.02 Å². The van der Waals surface area contributed by atoms with Gasteiger partial charge in [-0.15, -0.1) is 11.8 Å². The highest BCUT2D eigenvalue weighted by Crippen LogP contribution is 2.42. The molecular formula is C18H18ClNO2S. The Morgan fingerprint density at radius 2 is 1.87 bits per heavy atom. The minimum Gasteiger partial charge on any atom is -0.494 e. The van der Waals surface area contributed by atoms with Gasteiger partial charge in [0, 0.05) is 10.7 Å². The summed E-state index contributed by atoms with van der Waals surface area (Å²) in [6.45, 7) is 2.80. The lowest BCUT2D eigenvalue weighted by atomic mass is 10.2. The molecule has 1 atom stereocenters. The van der Waals surface area contributed by atoms with Crippen LogP contribution in [0, 0.1) is 0 Å². The highest BCUT2D eigenvalue weighted by Gasteiger charge is 2.33. The SMILES string of the molecule is CCCOc1ccc([C@H]2SCC(=O)N2c2ccc(Cl)cc2)cc1. The summed E-state index contributed by atoms with van der Waals surface area (Å²) in [7, 11) is 0. The predicted molar refractivity (Wildman–Crippen MR) is 96.4 cm³/mol. The Kier molecular flexibility index (Phi) is 5.13. The van der Waals surface area contributed by atoms with Gasteiger partial charge in [0.2, 0.25) is 5.91 Å². The van der Waals surface area contributed by atoms with Crippen molar-refractivity contribution in [2.45, 2.75) is 18.7 Å². The van der Waals surface area contributed by atoms with E-state index in [2.05, 4.69) is 6.92 Å². The summed E-state index contributed by atoms with van der Waals surface area (Å²) in [5.74, 6) is 1.47. The van der Waals surface area contributed by atoms with Crippen LogP contribution in [0.4, 0.5) is 5.69 Å². The smallest absolute Gasteiger partial charge is 0.238 e. The Morgan fingerprint density at radius 1 is 1.17 bits per heavy atom. The van der Waals surface area contributed by atoms with Crippen LogP contribution in [0.15, 0.2) is 48.5 Å². The number of nitrogens with zero attached hydrogens (tertiary/aromatic N) is 1. The molecule has 2 aromatic rings. The second-order valence-corrected chi connectivity index (χ2v) is 6.83. The van der Waals surface area contributed by atoms with E-state index in [1.165, 1.54) is 0 Å². The maximum Gasteiger partial charge on any atom is 0.238 e. The number of benzene rings is 2. The van der Waals surface area contributed by atoms with E-state index in [4.69, 9.17) is 16.3 Å². The third kappa shape index (κ3) is 3.65. The van der Waals surface area contributed by atoms with Gasteiger partial charge in [0.25, 0.3) is 0 Å². The molecule has 1 heterocycles. The van der Waals surface area contributed by atoms with Crippen LogP contribution in [0.1, 0.15) is 24.3 Å². The van der Waals surface area contributed by atoms with E-state index in [0.29, 0.717) is 17.4 Å². The van der Waals surface area contributed by atoms with Crippen molar-refractivity contribution < 1.29 is 9.53 Å². The fourth-order valence-corrected chi connectivity index (χ4v) is 3.80. The molecule has 0 unspecified atom stereocenters. The molecule has 3 rings (SSSR count). The van der Waals surface area contributed by atoms with Crippen LogP contribution in [0.25, 0.3) is 0 Å². The lowest BCUT2D eigenvalue weighted by Gasteiger charge is -2.24. The van der Waals surface area contributed by atoms with Gasteiger partial charge in [-0.3, -0.25) is 9.69 Å². The van der Waals surface area contributed by atoms with Gasteiger partial charge < -0.3 is 4.74 Å². The molecule has 0 saturated carbocycles. The third-order valence-electron chi connectivity index (χ3n) is 3.61. The molecule has 0 N–H and O–H groups in total. The minimum absolute atomic E-state index is 0.0103. The first kappa shape index (κ1) is 16.2. The maximum absolute atomic E-state index is 12.3. The number of rotatable bonds is 5. The fourth-order valence-electron chi connectivity index (χ4n) is 2.50. The van der Waals surface area contributed by atoms with Gasteiger partial charge in [0.05, 0.1) is 12.4 Å². The van der Waals surface area contributed by atoms with E-state index in [9.17, 15) is 4.79 Å². The summed E-state index contributed by atoms with van der Waals surface area (Å²) in [5, 5.41) is 0.658. The van der Waals surface area contributed by atoms with Crippen molar-refractivity contribution in [3.63, 3.8) is 0 Å². The average molecular weight is 348 g/mol. The zero-order valence-corrected chi connectivity index (χ0v) is 14.4. The Morgan fingerprint density at radius 3 is 2.52 bits per heavy atom. The van der Waals surface area contributed by atoms with E-state index < -0.39 is 0 Å². The van der Waals surface area contributed by atoms with Crippen molar-refractivity contribution in [1.29, 1.82) is 0 Å². The third-order valence-corrected chi connectivity index (χ3v) is 5.08. The fraction of sp³-hybridized carbons (Fsp3) is 0.278. The number of carbonyl (C=O) groups is 1. The van der Waals surface area contributed by atoms with Gasteiger partial charge in [-0.05, 0) is 48.4 Å². The van der Waals surface area contributed by atoms with Crippen molar-refractivity contribution in [2.75, 3.05) is 17.3 Å². The number of thioether (sulfide) groups is 1. The van der Waals surface area contributed by atoms with E-state index in [1.807, 2.05) is 53.4 Å². The highest BCUT2D eigenvalue weighted by molar-refractivity contribution is 8.00. The first-order valence-electron chi connectivity index (χ1n) is 7.61. The molecule has 120 valence electrons. The van der Waals surface area contributed by atoms with Crippen molar-refractivity contribution in [3.8, 4) is 5.75 Å². The van der Waals surface area contributed by atoms with Crippen LogP contribution in [0.3, 0.4) is 0 Å². The van der Waals surface area contributed by atoms with Crippen molar-refractivity contribution in [3.05, 3.63) is 59.1 Å². The number of amides is 1. The van der Waals surface area contributed by atoms with Gasteiger partial charge in [-0.2, -0.15) is 0 Å². The second-order valence-electron chi connectivity index (χ2n) is 5.32. The topological polar surface area (TPSA) is 29.5 Å². The van der Waals surface area contributed by atoms with Crippen LogP contribution in [-0.4, -0.2) is 18.3 Å². The lowest BCUT2D eigenvalue weighted by Crippen LogP contribution is -2.27. The molecule has 0 aliphatic carbocycles. The number of ether oxygens (including phenoxy) is 1. The largest absolute Gasteiger partial charge is 0.494 e. The standard InChI is InChI=1S/C18H18ClNO2S/c1-2-11-22-16-9-3-13(4-10-16)18-20(17(21)12-23-18)15-7-5-14(19)6-8-15/h3-10,18H,2,11-12H2,1H3/t18-/m1/s1. The molecule has 1 amide bonds. The first-order chi connectivity index (χ1) is 11.2. The van der Waals surface area contributed by atoms with Crippen LogP contribution >= 0.6 is 23.4 Å². The summed E-state index contributed by atoms with van der Waals surface area (Å²) in [6.07, 6.45) is 0.985. The van der Waals surface area contributed by atoms with Gasteiger partial charge >= 0.3 is 0 Å². The molecule has 1 aliphatic rings. The summed E-state index contributed by atoms with van der Waals surface area (Å²) in [5.41, 5.74) is 1.97. The van der Waals surface area contributed by atoms with E-state index in [-0.39, 0.29) is 11.3 Å². The zero-order valence-electron chi connectivity index (χ0n) is 12.9. The zero-order chi connectivity index (χ0) is 16.2. The molecule has 0 radical (unpaired) electrons. The molecule has 3 nitrogen and oxygen atoms in total. The normalized spacial score (nSPS) is 17.6.